The molecule has 1 aliphatic rings. The van der Waals surface area contributed by atoms with Crippen LogP contribution in [0.3, 0.4) is 0 Å². The van der Waals surface area contributed by atoms with E-state index < -0.39 is 10.0 Å². The summed E-state index contributed by atoms with van der Waals surface area (Å²) in [5.41, 5.74) is 0.660. The Bertz CT molecular complexity index is 636. The Morgan fingerprint density at radius 3 is 2.43 bits per heavy atom. The normalized spacial score (nSPS) is 21.5. The maximum atomic E-state index is 12.4. The van der Waals surface area contributed by atoms with Crippen molar-refractivity contribution < 1.29 is 18.6 Å². The Hall–Kier alpha value is -1.39. The first-order valence-corrected chi connectivity index (χ1v) is 8.21. The average Bonchev–Trinajstić information content (AvgIpc) is 2.43. The van der Waals surface area contributed by atoms with Gasteiger partial charge in [-0.15, -0.1) is 0 Å². The lowest BCUT2D eigenvalue weighted by molar-refractivity contribution is 0.0367. The second-order valence-corrected chi connectivity index (χ2v) is 7.31. The number of nitrogens with zero attached hydrogens (tertiary/aromatic N) is 1. The molecule has 0 spiro atoms. The third kappa shape index (κ3) is 3.83. The molecule has 0 atom stereocenters. The lowest BCUT2D eigenvalue weighted by Gasteiger charge is -2.34. The van der Waals surface area contributed by atoms with Crippen LogP contribution in [0.15, 0.2) is 29.2 Å². The van der Waals surface area contributed by atoms with E-state index in [9.17, 15) is 13.5 Å². The topological polar surface area (TPSA) is 77.8 Å². The maximum Gasteiger partial charge on any atom is 0.242 e. The van der Waals surface area contributed by atoms with Crippen LogP contribution in [0.2, 0.25) is 0 Å². The molecule has 1 aromatic rings. The lowest BCUT2D eigenvalue weighted by Crippen LogP contribution is -2.39. The zero-order chi connectivity index (χ0) is 15.5. The highest BCUT2D eigenvalue weighted by molar-refractivity contribution is 7.89. The van der Waals surface area contributed by atoms with Crippen LogP contribution in [0, 0.1) is 17.8 Å². The van der Waals surface area contributed by atoms with Crippen molar-refractivity contribution in [2.45, 2.75) is 23.8 Å². The first-order chi connectivity index (χ1) is 9.93. The minimum atomic E-state index is -3.51. The van der Waals surface area contributed by atoms with Gasteiger partial charge in [-0.1, -0.05) is 11.8 Å². The van der Waals surface area contributed by atoms with E-state index in [1.54, 1.807) is 19.2 Å². The van der Waals surface area contributed by atoms with Gasteiger partial charge in [-0.25, -0.2) is 12.7 Å². The molecule has 6 heteroatoms. The zero-order valence-electron chi connectivity index (χ0n) is 11.9. The Morgan fingerprint density at radius 2 is 1.90 bits per heavy atom. The van der Waals surface area contributed by atoms with E-state index in [1.165, 1.54) is 16.4 Å². The first-order valence-electron chi connectivity index (χ1n) is 6.77. The van der Waals surface area contributed by atoms with Gasteiger partial charge < -0.3 is 10.2 Å². The number of benzene rings is 1. The van der Waals surface area contributed by atoms with Crippen LogP contribution < -0.4 is 0 Å². The molecule has 2 rings (SSSR count). The van der Waals surface area contributed by atoms with E-state index >= 15 is 0 Å². The van der Waals surface area contributed by atoms with Gasteiger partial charge in [-0.05, 0) is 43.0 Å². The van der Waals surface area contributed by atoms with Gasteiger partial charge in [0.15, 0.2) is 0 Å². The predicted octanol–water partition coefficient (Wildman–Crippen LogP) is 0.422. The Labute approximate surface area is 125 Å². The van der Waals surface area contributed by atoms with Gasteiger partial charge in [0.1, 0.15) is 6.61 Å². The van der Waals surface area contributed by atoms with E-state index in [0.717, 1.165) is 0 Å². The van der Waals surface area contributed by atoms with Gasteiger partial charge in [0.05, 0.1) is 11.0 Å². The highest BCUT2D eigenvalue weighted by Crippen LogP contribution is 2.29. The van der Waals surface area contributed by atoms with E-state index in [2.05, 4.69) is 11.8 Å². The molecule has 1 saturated carbocycles. The molecule has 0 radical (unpaired) electrons. The lowest BCUT2D eigenvalue weighted by atomic mass is 9.82. The molecule has 114 valence electrons. The van der Waals surface area contributed by atoms with Crippen molar-refractivity contribution in [3.8, 4) is 11.8 Å². The van der Waals surface area contributed by atoms with Crippen LogP contribution in [0.25, 0.3) is 0 Å². The highest BCUT2D eigenvalue weighted by atomic mass is 32.2. The molecular formula is C15H19NO4S. The summed E-state index contributed by atoms with van der Waals surface area (Å²) in [5, 5.41) is 17.9. The number of sulfonamides is 1. The third-order valence-electron chi connectivity index (χ3n) is 3.60. The van der Waals surface area contributed by atoms with Crippen molar-refractivity contribution in [2.75, 3.05) is 20.2 Å². The quantitative estimate of drug-likeness (QED) is 0.790. The molecule has 0 amide bonds. The SMILES string of the molecule is CN(CC1CC(O)C1)S(=O)(=O)c1ccc(C#CCO)cc1. The Balaban J connectivity index is 2.07. The fourth-order valence-electron chi connectivity index (χ4n) is 2.34. The standard InChI is InChI=1S/C15H19NO4S/c1-16(11-13-9-14(18)10-13)21(19,20)15-6-4-12(5-7-15)3-2-8-17/h4-7,13-14,17-18H,8-11H2,1H3. The number of rotatable bonds is 4. The summed E-state index contributed by atoms with van der Waals surface area (Å²) in [6.07, 6.45) is 1.04. The summed E-state index contributed by atoms with van der Waals surface area (Å²) in [5.74, 6) is 5.47. The molecule has 1 aromatic carbocycles. The second kappa shape index (κ2) is 6.58. The van der Waals surface area contributed by atoms with E-state index in [0.29, 0.717) is 24.9 Å². The molecule has 0 aliphatic heterocycles. The van der Waals surface area contributed by atoms with Gasteiger partial charge in [-0.3, -0.25) is 0 Å². The molecule has 0 saturated heterocycles. The molecule has 1 fully saturated rings. The summed E-state index contributed by atoms with van der Waals surface area (Å²) in [4.78, 5) is 0.222. The molecular weight excluding hydrogens is 290 g/mol. The second-order valence-electron chi connectivity index (χ2n) is 5.26. The van der Waals surface area contributed by atoms with E-state index in [-0.39, 0.29) is 23.5 Å². The van der Waals surface area contributed by atoms with Crippen molar-refractivity contribution in [2.24, 2.45) is 5.92 Å². The molecule has 0 aromatic heterocycles. The Morgan fingerprint density at radius 1 is 1.29 bits per heavy atom. The van der Waals surface area contributed by atoms with Gasteiger partial charge in [-0.2, -0.15) is 0 Å². The monoisotopic (exact) mass is 309 g/mol. The van der Waals surface area contributed by atoms with Crippen LogP contribution in [-0.2, 0) is 10.0 Å². The number of hydrogen-bond acceptors (Lipinski definition) is 4. The van der Waals surface area contributed by atoms with Crippen LogP contribution in [0.4, 0.5) is 0 Å². The van der Waals surface area contributed by atoms with Crippen LogP contribution in [0.5, 0.6) is 0 Å². The van der Waals surface area contributed by atoms with Gasteiger partial charge in [0, 0.05) is 19.2 Å². The van der Waals surface area contributed by atoms with Crippen molar-refractivity contribution in [1.82, 2.24) is 4.31 Å². The van der Waals surface area contributed by atoms with Crippen molar-refractivity contribution in [3.63, 3.8) is 0 Å². The van der Waals surface area contributed by atoms with Crippen LogP contribution >= 0.6 is 0 Å². The third-order valence-corrected chi connectivity index (χ3v) is 5.44. The summed E-state index contributed by atoms with van der Waals surface area (Å²) in [7, 11) is -1.96. The average molecular weight is 309 g/mol. The van der Waals surface area contributed by atoms with Gasteiger partial charge >= 0.3 is 0 Å². The molecule has 2 N–H and O–H groups in total. The zero-order valence-corrected chi connectivity index (χ0v) is 12.7. The molecule has 5 nitrogen and oxygen atoms in total. The number of aliphatic hydroxyl groups excluding tert-OH is 2. The maximum absolute atomic E-state index is 12.4. The van der Waals surface area contributed by atoms with Crippen molar-refractivity contribution in [1.29, 1.82) is 0 Å². The molecule has 1 aliphatic carbocycles. The smallest absolute Gasteiger partial charge is 0.242 e. The summed E-state index contributed by atoms with van der Waals surface area (Å²) >= 11 is 0. The van der Waals surface area contributed by atoms with Crippen molar-refractivity contribution in [3.05, 3.63) is 29.8 Å². The van der Waals surface area contributed by atoms with Crippen LogP contribution in [0.1, 0.15) is 18.4 Å². The predicted molar refractivity (Wildman–Crippen MR) is 79.0 cm³/mol. The number of aliphatic hydroxyl groups is 2. The van der Waals surface area contributed by atoms with Gasteiger partial charge in [0.2, 0.25) is 10.0 Å². The molecule has 21 heavy (non-hydrogen) atoms. The summed E-state index contributed by atoms with van der Waals surface area (Å²) < 4.78 is 26.1. The van der Waals surface area contributed by atoms with Gasteiger partial charge in [0.25, 0.3) is 0 Å². The highest BCUT2D eigenvalue weighted by Gasteiger charge is 2.31. The fraction of sp³-hybridized carbons (Fsp3) is 0.467. The molecule has 0 heterocycles. The largest absolute Gasteiger partial charge is 0.393 e. The first kappa shape index (κ1) is 16.0. The summed E-state index contributed by atoms with van der Waals surface area (Å²) in [6, 6.07) is 6.28. The minimum absolute atomic E-state index is 0.222. The Kier molecular flexibility index (Phi) is 5.01. The molecule has 0 bridgehead atoms. The van der Waals surface area contributed by atoms with E-state index in [4.69, 9.17) is 5.11 Å². The number of hydrogen-bond donors (Lipinski definition) is 2. The molecule has 0 unspecified atom stereocenters. The fourth-order valence-corrected chi connectivity index (χ4v) is 3.59. The van der Waals surface area contributed by atoms with E-state index in [1.807, 2.05) is 0 Å². The summed E-state index contributed by atoms with van der Waals surface area (Å²) in [6.45, 7) is 0.196. The van der Waals surface area contributed by atoms with Crippen molar-refractivity contribution >= 4 is 10.0 Å². The minimum Gasteiger partial charge on any atom is -0.393 e. The van der Waals surface area contributed by atoms with Crippen LogP contribution in [-0.4, -0.2) is 49.2 Å².